The minimum Gasteiger partial charge on any atom is -0.508 e. The first-order valence-corrected chi connectivity index (χ1v) is 34.0. The molecule has 110 heavy (non-hydrogen) atoms. The van der Waals surface area contributed by atoms with Gasteiger partial charge in [-0.2, -0.15) is 0 Å². The number of aliphatic hydroxyl groups is 5. The summed E-state index contributed by atoms with van der Waals surface area (Å²) in [7, 11) is 0. The quantitative estimate of drug-likeness (QED) is 0.0688. The summed E-state index contributed by atoms with van der Waals surface area (Å²) in [5.41, 5.74) is 10.7. The Hall–Kier alpha value is -11.4. The number of ketones is 2. The maximum absolute atomic E-state index is 10.9. The van der Waals surface area contributed by atoms with Gasteiger partial charge in [-0.1, -0.05) is 87.4 Å². The maximum atomic E-state index is 10.9. The molecule has 0 heterocycles. The lowest BCUT2D eigenvalue weighted by atomic mass is 10.00. The molecule has 20 N–H and O–H groups in total. The van der Waals surface area contributed by atoms with Crippen molar-refractivity contribution in [1.82, 2.24) is 0 Å². The van der Waals surface area contributed by atoms with Crippen LogP contribution in [0.1, 0.15) is 158 Å². The van der Waals surface area contributed by atoms with E-state index in [9.17, 15) is 35.3 Å². The number of aryl methyl sites for hydroxylation is 8. The second kappa shape index (κ2) is 50.3. The third kappa shape index (κ3) is 40.5. The summed E-state index contributed by atoms with van der Waals surface area (Å²) in [6.45, 7) is 32.7. The monoisotopic (exact) mass is 1530 g/mol. The zero-order valence-electron chi connectivity index (χ0n) is 64.9. The van der Waals surface area contributed by atoms with Gasteiger partial charge in [-0.25, -0.2) is 10.1 Å². The van der Waals surface area contributed by atoms with E-state index in [0.29, 0.717) is 52.0 Å². The predicted octanol–water partition coefficient (Wildman–Crippen LogP) is 17.1. The Kier molecular flexibility index (Phi) is 47.0. The zero-order chi connectivity index (χ0) is 83.3. The molecular weight excluding hydrogens is 1410 g/mol. The smallest absolute Gasteiger partial charge is 0.164 e. The zero-order valence-corrected chi connectivity index (χ0v) is 64.9. The molecule has 24 heteroatoms. The number of allylic oxidation sites excluding steroid dienone is 6. The number of hydrogen-bond acceptors (Lipinski definition) is 24. The lowest BCUT2D eigenvalue weighted by Gasteiger charge is -2.32. The van der Waals surface area contributed by atoms with Crippen LogP contribution in [0.15, 0.2) is 180 Å². The number of nitrogens with zero attached hydrogens (tertiary/aromatic N) is 2. The van der Waals surface area contributed by atoms with E-state index in [4.69, 9.17) is 76.6 Å². The molecule has 10 rings (SSSR count). The van der Waals surface area contributed by atoms with Gasteiger partial charge < -0.3 is 91.9 Å². The highest BCUT2D eigenvalue weighted by Gasteiger charge is 2.26. The Labute approximate surface area is 648 Å². The topological polar surface area (TPSA) is 445 Å². The number of hydroxylamine groups is 2. The number of benzene rings is 8. The molecule has 2 aliphatic carbocycles. The lowest BCUT2D eigenvalue weighted by molar-refractivity contribution is -0.115. The van der Waals surface area contributed by atoms with E-state index in [0.717, 1.165) is 60.2 Å². The lowest BCUT2D eigenvalue weighted by Crippen LogP contribution is -2.39. The predicted molar refractivity (Wildman–Crippen MR) is 434 cm³/mol. The molecule has 0 aliphatic heterocycles. The van der Waals surface area contributed by atoms with Crippen molar-refractivity contribution in [2.45, 2.75) is 183 Å². The SMILES string of the molecule is C.C.CC.CC1=CC(O)=CC(=O)C1.CC1=CCC(=O)C(CO)=C1.Cc1cc(CO)c(O)c(N(O)C(C)(C)C)c1.Cc1cc(O)cc(O)c1.Cc1cc(O)cc(O)c1.Cc1cc(O)cc(O)c1.Cc1cc(O)cc(O)c1.Cc1cc(O)cc(O)c1N(O)C(C)(C)C.Cc1ccc(O)c(CO)c1.Cc1ccc(O)c(CO)c1. The summed E-state index contributed by atoms with van der Waals surface area (Å²) in [4.78, 5) is 21.5. The Morgan fingerprint density at radius 3 is 0.964 bits per heavy atom. The first-order valence-electron chi connectivity index (χ1n) is 34.0. The molecular formula is C86H120N2O22. The molecule has 0 aromatic heterocycles. The Bertz CT molecular complexity index is 3820. The van der Waals surface area contributed by atoms with Gasteiger partial charge in [0.15, 0.2) is 11.6 Å². The molecule has 24 nitrogen and oxygen atoms in total. The van der Waals surface area contributed by atoms with Crippen molar-refractivity contribution < 1.29 is 112 Å². The van der Waals surface area contributed by atoms with Crippen molar-refractivity contribution >= 4 is 22.9 Å². The van der Waals surface area contributed by atoms with E-state index in [2.05, 4.69) is 0 Å². The number of hydrogen-bond donors (Lipinski definition) is 20. The van der Waals surface area contributed by atoms with E-state index in [1.54, 1.807) is 144 Å². The van der Waals surface area contributed by atoms with Crippen molar-refractivity contribution in [1.29, 1.82) is 0 Å². The van der Waals surface area contributed by atoms with Gasteiger partial charge in [-0.15, -0.1) is 0 Å². The number of Topliss-reactive ketones (excluding diaryl/α,β-unsaturated/α-hetero) is 1. The standard InChI is InChI=1S/C12H19NO3.C11H17NO3.3C8H10O2.5C7H8O2.C2H6.2CH4/c1-8-5-9(7-14)11(15)10(6-8)13(16)12(2,3)4;1-7-5-8(13)6-9(14)10(7)12(15)11(2,3)4;3*1-6-2-3-8(10)7(4-6)5-9;5*1-5-2-6(8)4-7(9)3-5;1-2;;/h5-6,14-16H,7H2,1-4H3;5-6,13-15H,1-4H3;2,4,9H,3,5H2,1H3;2*2-4,9-10H,5H2,1H3;2,4,8H,3H2,1H3;4*2-4,8-9H,1H3;1-2H3;2*1H4. The van der Waals surface area contributed by atoms with E-state index >= 15 is 0 Å². The highest BCUT2D eigenvalue weighted by Crippen LogP contribution is 2.38. The second-order valence-electron chi connectivity index (χ2n) is 26.8. The van der Waals surface area contributed by atoms with Gasteiger partial charge in [0.25, 0.3) is 0 Å². The molecule has 0 fully saturated rings. The minimum atomic E-state index is -0.516. The molecule has 8 aromatic carbocycles. The third-order valence-corrected chi connectivity index (χ3v) is 14.2. The Morgan fingerprint density at radius 2 is 0.691 bits per heavy atom. The molecule has 0 atom stereocenters. The van der Waals surface area contributed by atoms with Crippen LogP contribution in [0.4, 0.5) is 11.4 Å². The average Bonchev–Trinajstić information content (AvgIpc) is 0.812. The fourth-order valence-electron chi connectivity index (χ4n) is 9.25. The van der Waals surface area contributed by atoms with Gasteiger partial charge >= 0.3 is 0 Å². The van der Waals surface area contributed by atoms with Crippen LogP contribution in [0, 0.1) is 55.4 Å². The van der Waals surface area contributed by atoms with Crippen LogP contribution in [0.3, 0.4) is 0 Å². The van der Waals surface area contributed by atoms with Gasteiger partial charge in [0.1, 0.15) is 91.9 Å². The van der Waals surface area contributed by atoms with Crippen LogP contribution in [0.25, 0.3) is 0 Å². The van der Waals surface area contributed by atoms with Crippen LogP contribution in [0.5, 0.6) is 74.7 Å². The molecule has 0 radical (unpaired) electrons. The summed E-state index contributed by atoms with van der Waals surface area (Å²) in [6, 6.07) is 34.2. The first-order chi connectivity index (χ1) is 50.1. The third-order valence-electron chi connectivity index (χ3n) is 14.2. The highest BCUT2D eigenvalue weighted by atomic mass is 16.5. The van der Waals surface area contributed by atoms with Crippen LogP contribution < -0.4 is 10.1 Å². The maximum Gasteiger partial charge on any atom is 0.164 e. The molecule has 0 spiro atoms. The minimum absolute atomic E-state index is 0. The largest absolute Gasteiger partial charge is 0.508 e. The van der Waals surface area contributed by atoms with E-state index in [-0.39, 0.29) is 133 Å². The van der Waals surface area contributed by atoms with Crippen LogP contribution in [0.2, 0.25) is 0 Å². The van der Waals surface area contributed by atoms with Gasteiger partial charge in [0.05, 0.1) is 37.5 Å². The number of aliphatic hydroxyl groups excluding tert-OH is 5. The van der Waals surface area contributed by atoms with Crippen LogP contribution in [-0.4, -0.2) is 132 Å². The number of anilines is 2. The summed E-state index contributed by atoms with van der Waals surface area (Å²) >= 11 is 0. The fraction of sp³-hybridized carbons (Fsp3) is 0.326. The van der Waals surface area contributed by atoms with Crippen LogP contribution >= 0.6 is 0 Å². The van der Waals surface area contributed by atoms with Gasteiger partial charge in [-0.3, -0.25) is 20.0 Å². The number of carbonyl (C=O) groups excluding carboxylic acids is 2. The molecule has 0 amide bonds. The summed E-state index contributed by atoms with van der Waals surface area (Å²) in [5.74, 6) is 1.01. The van der Waals surface area contributed by atoms with Crippen molar-refractivity contribution in [3.63, 3.8) is 0 Å². The second-order valence-corrected chi connectivity index (χ2v) is 26.8. The van der Waals surface area contributed by atoms with Gasteiger partial charge in [0.2, 0.25) is 0 Å². The molecule has 606 valence electrons. The van der Waals surface area contributed by atoms with E-state index < -0.39 is 11.1 Å². The summed E-state index contributed by atoms with van der Waals surface area (Å²) in [6.07, 6.45) is 7.32. The molecule has 0 saturated heterocycles. The molecule has 2 aliphatic rings. The summed E-state index contributed by atoms with van der Waals surface area (Å²) in [5, 5.41) is 183. The van der Waals surface area contributed by atoms with Gasteiger partial charge in [-0.05, 0) is 229 Å². The van der Waals surface area contributed by atoms with Crippen molar-refractivity contribution in [2.75, 3.05) is 16.7 Å². The number of phenols is 13. The molecule has 0 saturated carbocycles. The van der Waals surface area contributed by atoms with Crippen molar-refractivity contribution in [3.05, 3.63) is 241 Å². The van der Waals surface area contributed by atoms with Crippen molar-refractivity contribution in [3.8, 4) is 74.7 Å². The number of rotatable bonds is 6. The number of aromatic hydroxyl groups is 13. The molecule has 0 bridgehead atoms. The first kappa shape index (κ1) is 103. The molecule has 8 aromatic rings. The van der Waals surface area contributed by atoms with Crippen molar-refractivity contribution in [2.24, 2.45) is 0 Å². The number of phenolic OH excluding ortho intramolecular Hbond substituents is 10. The Balaban J connectivity index is -0.00000116. The van der Waals surface area contributed by atoms with E-state index in [1.165, 1.54) is 42.5 Å². The highest BCUT2D eigenvalue weighted by molar-refractivity contribution is 5.98. The summed E-state index contributed by atoms with van der Waals surface area (Å²) < 4.78 is 0. The Morgan fingerprint density at radius 1 is 0.364 bits per heavy atom. The molecule has 0 unspecified atom stereocenters. The fourth-order valence-corrected chi connectivity index (χ4v) is 9.25. The van der Waals surface area contributed by atoms with Gasteiger partial charge in [0, 0.05) is 71.5 Å². The average molecular weight is 1530 g/mol. The normalized spacial score (nSPS) is 11.4. The van der Waals surface area contributed by atoms with Crippen LogP contribution in [-0.2, 0) is 29.4 Å². The van der Waals surface area contributed by atoms with E-state index in [1.807, 2.05) is 96.1 Å². The number of carbonyl (C=O) groups is 2.